The van der Waals surface area contributed by atoms with Crippen LogP contribution in [0.25, 0.3) is 10.9 Å². The highest BCUT2D eigenvalue weighted by Crippen LogP contribution is 2.30. The number of benzene rings is 1. The van der Waals surface area contributed by atoms with Crippen molar-refractivity contribution in [3.63, 3.8) is 0 Å². The van der Waals surface area contributed by atoms with Crippen LogP contribution < -0.4 is 11.3 Å². The van der Waals surface area contributed by atoms with Crippen LogP contribution in [0.4, 0.5) is 10.1 Å². The van der Waals surface area contributed by atoms with Gasteiger partial charge in [-0.05, 0) is 25.5 Å². The molecule has 0 aliphatic heterocycles. The Kier molecular flexibility index (Phi) is 3.62. The number of nitrogen functional groups attached to an aromatic ring is 1. The first-order valence-corrected chi connectivity index (χ1v) is 5.81. The number of nitrogens with one attached hydrogen (secondary N) is 1. The van der Waals surface area contributed by atoms with Crippen LogP contribution in [0.1, 0.15) is 22.8 Å². The molecule has 0 saturated carbocycles. The summed E-state index contributed by atoms with van der Waals surface area (Å²) in [4.78, 5) is 15.9. The number of aromatic nitrogens is 1. The average Bonchev–Trinajstić information content (AvgIpc) is 2.41. The van der Waals surface area contributed by atoms with Crippen molar-refractivity contribution in [1.29, 1.82) is 0 Å². The molecule has 19 heavy (non-hydrogen) atoms. The number of anilines is 1. The molecule has 0 spiro atoms. The van der Waals surface area contributed by atoms with E-state index < -0.39 is 11.8 Å². The lowest BCUT2D eigenvalue weighted by Crippen LogP contribution is -2.15. The first kappa shape index (κ1) is 13.2. The minimum absolute atomic E-state index is 0.112. The third kappa shape index (κ3) is 2.22. The topological polar surface area (TPSA) is 77.2 Å². The van der Waals surface area contributed by atoms with Gasteiger partial charge < -0.3 is 10.2 Å². The Morgan fingerprint density at radius 2 is 2.26 bits per heavy atom. The number of nitrogens with two attached hydrogens (primary N) is 1. The van der Waals surface area contributed by atoms with Gasteiger partial charge in [0.2, 0.25) is 0 Å². The second-order valence-electron chi connectivity index (χ2n) is 4.00. The second-order valence-corrected chi connectivity index (χ2v) is 4.00. The van der Waals surface area contributed by atoms with E-state index in [1.54, 1.807) is 19.9 Å². The maximum absolute atomic E-state index is 14.0. The molecule has 1 heterocycles. The Bertz CT molecular complexity index is 643. The molecule has 1 aromatic carbocycles. The van der Waals surface area contributed by atoms with Gasteiger partial charge in [0.25, 0.3) is 0 Å². The van der Waals surface area contributed by atoms with Crippen LogP contribution in [0.15, 0.2) is 18.3 Å². The van der Waals surface area contributed by atoms with E-state index in [1.807, 2.05) is 0 Å². The molecule has 2 aromatic rings. The smallest absolute Gasteiger partial charge is 0.341 e. The zero-order valence-electron chi connectivity index (χ0n) is 10.7. The number of carbonyl (C=O) groups is 1. The van der Waals surface area contributed by atoms with Crippen molar-refractivity contribution in [2.24, 2.45) is 5.84 Å². The highest BCUT2D eigenvalue weighted by Gasteiger charge is 2.19. The number of carbonyl (C=O) groups excluding carboxylic acids is 1. The first-order chi connectivity index (χ1) is 9.10. The number of hydrogen-bond acceptors (Lipinski definition) is 5. The Morgan fingerprint density at radius 1 is 1.53 bits per heavy atom. The second kappa shape index (κ2) is 5.19. The summed E-state index contributed by atoms with van der Waals surface area (Å²) >= 11 is 0. The molecule has 0 radical (unpaired) electrons. The number of ether oxygens (including phenoxy) is 1. The number of fused-ring (bicyclic) bond motifs is 1. The number of nitrogens with zero attached hydrogens (tertiary/aromatic N) is 1. The van der Waals surface area contributed by atoms with E-state index in [0.717, 1.165) is 5.56 Å². The van der Waals surface area contributed by atoms with Gasteiger partial charge in [0.15, 0.2) is 0 Å². The molecule has 0 atom stereocenters. The van der Waals surface area contributed by atoms with E-state index in [0.29, 0.717) is 5.52 Å². The molecule has 3 N–H and O–H groups in total. The molecular weight excluding hydrogens is 249 g/mol. The van der Waals surface area contributed by atoms with Crippen LogP contribution in [0.2, 0.25) is 0 Å². The SMILES string of the molecule is CCOC(=O)c1cnc2c(C)ccc(F)c2c1NN. The predicted molar refractivity (Wildman–Crippen MR) is 70.2 cm³/mol. The summed E-state index contributed by atoms with van der Waals surface area (Å²) in [5.74, 6) is 4.33. The fraction of sp³-hybridized carbons (Fsp3) is 0.231. The van der Waals surface area contributed by atoms with Crippen molar-refractivity contribution in [1.82, 2.24) is 4.98 Å². The van der Waals surface area contributed by atoms with Gasteiger partial charge in [-0.1, -0.05) is 6.07 Å². The third-order valence-corrected chi connectivity index (χ3v) is 2.81. The summed E-state index contributed by atoms with van der Waals surface area (Å²) in [7, 11) is 0. The molecule has 0 amide bonds. The lowest BCUT2D eigenvalue weighted by Gasteiger charge is -2.12. The molecule has 1 aromatic heterocycles. The van der Waals surface area contributed by atoms with E-state index >= 15 is 0 Å². The molecule has 6 heteroatoms. The molecule has 0 fully saturated rings. The normalized spacial score (nSPS) is 10.5. The predicted octanol–water partition coefficient (Wildman–Crippen LogP) is 2.14. The Labute approximate surface area is 109 Å². The van der Waals surface area contributed by atoms with Crippen LogP contribution in [-0.4, -0.2) is 17.6 Å². The van der Waals surface area contributed by atoms with Crippen molar-refractivity contribution in [2.45, 2.75) is 13.8 Å². The van der Waals surface area contributed by atoms with Crippen molar-refractivity contribution < 1.29 is 13.9 Å². The molecule has 5 nitrogen and oxygen atoms in total. The van der Waals surface area contributed by atoms with E-state index in [-0.39, 0.29) is 23.2 Å². The van der Waals surface area contributed by atoms with Gasteiger partial charge in [0.1, 0.15) is 11.4 Å². The van der Waals surface area contributed by atoms with E-state index in [2.05, 4.69) is 10.4 Å². The van der Waals surface area contributed by atoms with Crippen LogP contribution in [0, 0.1) is 12.7 Å². The van der Waals surface area contributed by atoms with Gasteiger partial charge in [-0.2, -0.15) is 0 Å². The fourth-order valence-electron chi connectivity index (χ4n) is 1.92. The van der Waals surface area contributed by atoms with Gasteiger partial charge in [-0.25, -0.2) is 9.18 Å². The summed E-state index contributed by atoms with van der Waals surface area (Å²) in [5.41, 5.74) is 3.92. The van der Waals surface area contributed by atoms with E-state index in [1.165, 1.54) is 12.3 Å². The lowest BCUT2D eigenvalue weighted by molar-refractivity contribution is 0.0527. The number of aryl methyl sites for hydroxylation is 1. The molecule has 100 valence electrons. The van der Waals surface area contributed by atoms with Gasteiger partial charge in [-0.15, -0.1) is 0 Å². The quantitative estimate of drug-likeness (QED) is 0.504. The highest BCUT2D eigenvalue weighted by molar-refractivity contribution is 6.05. The fourth-order valence-corrected chi connectivity index (χ4v) is 1.92. The van der Waals surface area contributed by atoms with Crippen LogP contribution in [0.3, 0.4) is 0 Å². The number of halogens is 1. The average molecular weight is 263 g/mol. The standard InChI is InChI=1S/C13H14FN3O2/c1-3-19-13(18)8-6-16-11-7(2)4-5-9(14)10(11)12(8)17-15/h4-6H,3,15H2,1-2H3,(H,16,17). The maximum atomic E-state index is 14.0. The molecule has 0 aliphatic carbocycles. The minimum Gasteiger partial charge on any atom is -0.462 e. The molecule has 0 saturated heterocycles. The summed E-state index contributed by atoms with van der Waals surface area (Å²) < 4.78 is 18.8. The van der Waals surface area contributed by atoms with E-state index in [4.69, 9.17) is 10.6 Å². The van der Waals surface area contributed by atoms with Gasteiger partial charge in [0, 0.05) is 6.20 Å². The molecular formula is C13H14FN3O2. The Morgan fingerprint density at radius 3 is 2.89 bits per heavy atom. The number of hydrogen-bond donors (Lipinski definition) is 2. The van der Waals surface area contributed by atoms with E-state index in [9.17, 15) is 9.18 Å². The number of hydrazine groups is 1. The van der Waals surface area contributed by atoms with Crippen LogP contribution >= 0.6 is 0 Å². The zero-order chi connectivity index (χ0) is 14.0. The highest BCUT2D eigenvalue weighted by atomic mass is 19.1. The van der Waals surface area contributed by atoms with Crippen molar-refractivity contribution >= 4 is 22.6 Å². The molecule has 0 unspecified atom stereocenters. The largest absolute Gasteiger partial charge is 0.462 e. The maximum Gasteiger partial charge on any atom is 0.341 e. The summed E-state index contributed by atoms with van der Waals surface area (Å²) in [6.07, 6.45) is 1.34. The zero-order valence-corrected chi connectivity index (χ0v) is 10.7. The Hall–Kier alpha value is -2.21. The minimum atomic E-state index is -0.592. The number of pyridine rings is 1. The third-order valence-electron chi connectivity index (χ3n) is 2.81. The molecule has 0 bridgehead atoms. The lowest BCUT2D eigenvalue weighted by atomic mass is 10.1. The van der Waals surface area contributed by atoms with Gasteiger partial charge in [0.05, 0.1) is 23.2 Å². The van der Waals surface area contributed by atoms with Gasteiger partial charge in [-0.3, -0.25) is 10.8 Å². The molecule has 0 aliphatic rings. The van der Waals surface area contributed by atoms with Crippen LogP contribution in [-0.2, 0) is 4.74 Å². The van der Waals surface area contributed by atoms with Crippen molar-refractivity contribution in [3.8, 4) is 0 Å². The molecule has 2 rings (SSSR count). The number of esters is 1. The summed E-state index contributed by atoms with van der Waals surface area (Å²) in [5, 5.41) is 0.188. The summed E-state index contributed by atoms with van der Waals surface area (Å²) in [6.45, 7) is 3.71. The Balaban J connectivity index is 2.76. The van der Waals surface area contributed by atoms with Crippen molar-refractivity contribution in [3.05, 3.63) is 35.3 Å². The van der Waals surface area contributed by atoms with Crippen LogP contribution in [0.5, 0.6) is 0 Å². The monoisotopic (exact) mass is 263 g/mol. The number of rotatable bonds is 3. The van der Waals surface area contributed by atoms with Gasteiger partial charge >= 0.3 is 5.97 Å². The first-order valence-electron chi connectivity index (χ1n) is 5.81. The van der Waals surface area contributed by atoms with Crippen molar-refractivity contribution in [2.75, 3.05) is 12.0 Å². The summed E-state index contributed by atoms with van der Waals surface area (Å²) in [6, 6.07) is 2.93.